The highest BCUT2D eigenvalue weighted by Crippen LogP contribution is 2.23. The highest BCUT2D eigenvalue weighted by molar-refractivity contribution is 6.30. The Morgan fingerprint density at radius 1 is 1.08 bits per heavy atom. The maximum atomic E-state index is 12.5. The van der Waals surface area contributed by atoms with Crippen LogP contribution in [0.2, 0.25) is 5.02 Å². The Hall–Kier alpha value is -2.66. The molecule has 1 saturated heterocycles. The zero-order valence-corrected chi connectivity index (χ0v) is 14.5. The summed E-state index contributed by atoms with van der Waals surface area (Å²) in [6.45, 7) is 0.435. The van der Waals surface area contributed by atoms with Gasteiger partial charge < -0.3 is 4.90 Å². The van der Waals surface area contributed by atoms with Crippen LogP contribution in [0.3, 0.4) is 0 Å². The predicted octanol–water partition coefficient (Wildman–Crippen LogP) is 3.27. The van der Waals surface area contributed by atoms with Crippen LogP contribution in [0.1, 0.15) is 28.8 Å². The molecule has 1 fully saturated rings. The lowest BCUT2D eigenvalue weighted by Gasteiger charge is -2.18. The Balaban J connectivity index is 1.72. The van der Waals surface area contributed by atoms with Gasteiger partial charge in [0.1, 0.15) is 0 Å². The van der Waals surface area contributed by atoms with E-state index >= 15 is 0 Å². The SMILES string of the molecule is CN(Cc1cccc(Cl)c1)C(=O)c1ccc(N2C(=O)CCC2=O)cc1. The van der Waals surface area contributed by atoms with Crippen LogP contribution in [0, 0.1) is 0 Å². The number of carbonyl (C=O) groups excluding carboxylic acids is 3. The van der Waals surface area contributed by atoms with E-state index in [9.17, 15) is 14.4 Å². The average Bonchev–Trinajstić information content (AvgIpc) is 2.93. The fraction of sp³-hybridized carbons (Fsp3) is 0.211. The normalized spacial score (nSPS) is 14.1. The van der Waals surface area contributed by atoms with Gasteiger partial charge in [-0.05, 0) is 42.0 Å². The number of halogens is 1. The highest BCUT2D eigenvalue weighted by Gasteiger charge is 2.30. The molecule has 1 heterocycles. The second-order valence-electron chi connectivity index (χ2n) is 5.96. The number of hydrogen-bond donors (Lipinski definition) is 0. The number of carbonyl (C=O) groups is 3. The van der Waals surface area contributed by atoms with Crippen LogP contribution in [-0.2, 0) is 16.1 Å². The summed E-state index contributed by atoms with van der Waals surface area (Å²) in [6.07, 6.45) is 0.476. The molecule has 1 aliphatic rings. The summed E-state index contributed by atoms with van der Waals surface area (Å²) < 4.78 is 0. The van der Waals surface area contributed by atoms with E-state index in [4.69, 9.17) is 11.6 Å². The summed E-state index contributed by atoms with van der Waals surface area (Å²) in [6, 6.07) is 13.9. The molecular formula is C19H17ClN2O3. The molecule has 6 heteroatoms. The lowest BCUT2D eigenvalue weighted by Crippen LogP contribution is -2.29. The van der Waals surface area contributed by atoms with E-state index in [0.717, 1.165) is 5.56 Å². The average molecular weight is 357 g/mol. The molecule has 2 aromatic carbocycles. The third-order valence-electron chi connectivity index (χ3n) is 4.08. The smallest absolute Gasteiger partial charge is 0.253 e. The summed E-state index contributed by atoms with van der Waals surface area (Å²) in [7, 11) is 1.71. The molecule has 0 unspecified atom stereocenters. The fourth-order valence-corrected chi connectivity index (χ4v) is 3.03. The van der Waals surface area contributed by atoms with Crippen molar-refractivity contribution < 1.29 is 14.4 Å². The van der Waals surface area contributed by atoms with Gasteiger partial charge in [0.25, 0.3) is 5.91 Å². The van der Waals surface area contributed by atoms with Gasteiger partial charge >= 0.3 is 0 Å². The largest absolute Gasteiger partial charge is 0.337 e. The molecular weight excluding hydrogens is 340 g/mol. The monoisotopic (exact) mass is 356 g/mol. The van der Waals surface area contributed by atoms with E-state index in [1.807, 2.05) is 18.2 Å². The topological polar surface area (TPSA) is 57.7 Å². The zero-order valence-electron chi connectivity index (χ0n) is 13.7. The molecule has 0 radical (unpaired) electrons. The summed E-state index contributed by atoms with van der Waals surface area (Å²) in [4.78, 5) is 38.8. The molecule has 0 saturated carbocycles. The molecule has 1 aliphatic heterocycles. The van der Waals surface area contributed by atoms with E-state index in [2.05, 4.69) is 0 Å². The summed E-state index contributed by atoms with van der Waals surface area (Å²) in [5.41, 5.74) is 1.93. The van der Waals surface area contributed by atoms with E-state index in [-0.39, 0.29) is 30.6 Å². The van der Waals surface area contributed by atoms with Gasteiger partial charge in [-0.1, -0.05) is 23.7 Å². The molecule has 0 aromatic heterocycles. The van der Waals surface area contributed by atoms with Crippen molar-refractivity contribution in [3.8, 4) is 0 Å². The van der Waals surface area contributed by atoms with Gasteiger partial charge in [-0.2, -0.15) is 0 Å². The minimum absolute atomic E-state index is 0.148. The maximum Gasteiger partial charge on any atom is 0.253 e. The number of hydrogen-bond acceptors (Lipinski definition) is 3. The Morgan fingerprint density at radius 2 is 1.72 bits per heavy atom. The third-order valence-corrected chi connectivity index (χ3v) is 4.31. The van der Waals surface area contributed by atoms with E-state index < -0.39 is 0 Å². The molecule has 0 atom stereocenters. The van der Waals surface area contributed by atoms with Crippen molar-refractivity contribution >= 4 is 35.0 Å². The number of amides is 3. The lowest BCUT2D eigenvalue weighted by molar-refractivity contribution is -0.121. The second-order valence-corrected chi connectivity index (χ2v) is 6.40. The minimum atomic E-state index is -0.206. The van der Waals surface area contributed by atoms with Crippen molar-refractivity contribution in [1.29, 1.82) is 0 Å². The maximum absolute atomic E-state index is 12.5. The van der Waals surface area contributed by atoms with Gasteiger partial charge in [0, 0.05) is 37.0 Å². The van der Waals surface area contributed by atoms with Gasteiger partial charge in [0.15, 0.2) is 0 Å². The van der Waals surface area contributed by atoms with Crippen LogP contribution in [0.4, 0.5) is 5.69 Å². The number of nitrogens with zero attached hydrogens (tertiary/aromatic N) is 2. The van der Waals surface area contributed by atoms with Crippen molar-refractivity contribution in [2.24, 2.45) is 0 Å². The lowest BCUT2D eigenvalue weighted by atomic mass is 10.1. The summed E-state index contributed by atoms with van der Waals surface area (Å²) >= 11 is 5.96. The Labute approximate surface area is 150 Å². The molecule has 2 aromatic rings. The van der Waals surface area contributed by atoms with Gasteiger partial charge in [0.2, 0.25) is 11.8 Å². The van der Waals surface area contributed by atoms with E-state index in [0.29, 0.717) is 22.8 Å². The first-order valence-electron chi connectivity index (χ1n) is 7.91. The molecule has 0 spiro atoms. The van der Waals surface area contributed by atoms with Gasteiger partial charge in [0.05, 0.1) is 5.69 Å². The van der Waals surface area contributed by atoms with Crippen LogP contribution >= 0.6 is 11.6 Å². The predicted molar refractivity (Wildman–Crippen MR) is 95.4 cm³/mol. The number of anilines is 1. The van der Waals surface area contributed by atoms with Crippen LogP contribution < -0.4 is 4.90 Å². The Morgan fingerprint density at radius 3 is 2.32 bits per heavy atom. The highest BCUT2D eigenvalue weighted by atomic mass is 35.5. The summed E-state index contributed by atoms with van der Waals surface area (Å²) in [5, 5.41) is 0.627. The van der Waals surface area contributed by atoms with Crippen molar-refractivity contribution in [3.05, 3.63) is 64.7 Å². The molecule has 3 rings (SSSR count). The molecule has 0 bridgehead atoms. The number of rotatable bonds is 4. The van der Waals surface area contributed by atoms with Crippen molar-refractivity contribution in [1.82, 2.24) is 4.90 Å². The minimum Gasteiger partial charge on any atom is -0.337 e. The second kappa shape index (κ2) is 7.07. The number of benzene rings is 2. The van der Waals surface area contributed by atoms with Crippen LogP contribution in [0.15, 0.2) is 48.5 Å². The molecule has 3 amide bonds. The van der Waals surface area contributed by atoms with Gasteiger partial charge in [-0.25, -0.2) is 0 Å². The van der Waals surface area contributed by atoms with Crippen LogP contribution in [-0.4, -0.2) is 29.7 Å². The van der Waals surface area contributed by atoms with Gasteiger partial charge in [-0.3, -0.25) is 19.3 Å². The molecule has 0 aliphatic carbocycles. The molecule has 5 nitrogen and oxygen atoms in total. The molecule has 0 N–H and O–H groups in total. The van der Waals surface area contributed by atoms with Crippen molar-refractivity contribution in [2.75, 3.05) is 11.9 Å². The number of imide groups is 1. The van der Waals surface area contributed by atoms with Crippen molar-refractivity contribution in [2.45, 2.75) is 19.4 Å². The Kier molecular flexibility index (Phi) is 4.86. The van der Waals surface area contributed by atoms with E-state index in [1.165, 1.54) is 4.90 Å². The first-order chi connectivity index (χ1) is 12.0. The Bertz CT molecular complexity index is 817. The first-order valence-corrected chi connectivity index (χ1v) is 8.29. The van der Waals surface area contributed by atoms with Gasteiger partial charge in [-0.15, -0.1) is 0 Å². The van der Waals surface area contributed by atoms with E-state index in [1.54, 1.807) is 42.3 Å². The standard InChI is InChI=1S/C19H17ClN2O3/c1-21(12-13-3-2-4-15(20)11-13)19(25)14-5-7-16(8-6-14)22-17(23)9-10-18(22)24/h2-8,11H,9-10,12H2,1H3. The van der Waals surface area contributed by atoms with Crippen LogP contribution in [0.5, 0.6) is 0 Å². The van der Waals surface area contributed by atoms with Crippen molar-refractivity contribution in [3.63, 3.8) is 0 Å². The summed E-state index contributed by atoms with van der Waals surface area (Å²) in [5.74, 6) is -0.560. The fourth-order valence-electron chi connectivity index (χ4n) is 2.82. The first kappa shape index (κ1) is 17.2. The third kappa shape index (κ3) is 3.72. The zero-order chi connectivity index (χ0) is 18.0. The molecule has 128 valence electrons. The molecule has 25 heavy (non-hydrogen) atoms. The van der Waals surface area contributed by atoms with Crippen LogP contribution in [0.25, 0.3) is 0 Å². The quantitative estimate of drug-likeness (QED) is 0.790.